The molecule has 0 amide bonds. The molecule has 1 N–H and O–H groups in total. The molecule has 2 aliphatic rings. The Bertz CT molecular complexity index is 435. The van der Waals surface area contributed by atoms with E-state index in [1.54, 1.807) is 0 Å². The van der Waals surface area contributed by atoms with Gasteiger partial charge >= 0.3 is 0 Å². The summed E-state index contributed by atoms with van der Waals surface area (Å²) in [4.78, 5) is 5.17. The summed E-state index contributed by atoms with van der Waals surface area (Å²) < 4.78 is 1.20. The number of piperazine rings is 1. The lowest BCUT2D eigenvalue weighted by atomic mass is 10.1. The lowest BCUT2D eigenvalue weighted by Crippen LogP contribution is -2.51. The third-order valence-corrected chi connectivity index (χ3v) is 5.26. The van der Waals surface area contributed by atoms with Crippen LogP contribution in [0, 0.1) is 6.92 Å². The van der Waals surface area contributed by atoms with Gasteiger partial charge in [-0.1, -0.05) is 15.9 Å². The highest BCUT2D eigenvalue weighted by molar-refractivity contribution is 9.10. The first-order valence-electron chi connectivity index (χ1n) is 7.20. The van der Waals surface area contributed by atoms with Gasteiger partial charge in [-0.05, 0) is 43.7 Å². The summed E-state index contributed by atoms with van der Waals surface area (Å²) in [5.74, 6) is 0. The molecule has 2 heterocycles. The molecule has 0 radical (unpaired) electrons. The maximum absolute atomic E-state index is 3.57. The van der Waals surface area contributed by atoms with Crippen LogP contribution in [0.3, 0.4) is 0 Å². The highest BCUT2D eigenvalue weighted by Crippen LogP contribution is 2.24. The van der Waals surface area contributed by atoms with Gasteiger partial charge in [0.15, 0.2) is 0 Å². The normalized spacial score (nSPS) is 24.9. The lowest BCUT2D eigenvalue weighted by Gasteiger charge is -2.39. The molecule has 1 aromatic rings. The minimum Gasteiger partial charge on any atom is -0.369 e. The average Bonchev–Trinajstić information content (AvgIpc) is 2.96. The van der Waals surface area contributed by atoms with E-state index in [0.717, 1.165) is 19.1 Å². The van der Waals surface area contributed by atoms with Gasteiger partial charge in [-0.25, -0.2) is 0 Å². The molecule has 0 saturated carbocycles. The molecule has 2 fully saturated rings. The van der Waals surface area contributed by atoms with Crippen LogP contribution >= 0.6 is 15.9 Å². The Morgan fingerprint density at radius 2 is 2.00 bits per heavy atom. The van der Waals surface area contributed by atoms with Crippen molar-refractivity contribution >= 4 is 21.6 Å². The molecule has 3 rings (SSSR count). The Morgan fingerprint density at radius 1 is 1.21 bits per heavy atom. The van der Waals surface area contributed by atoms with E-state index in [1.807, 2.05) is 0 Å². The number of halogens is 1. The van der Waals surface area contributed by atoms with Gasteiger partial charge in [0.05, 0.1) is 0 Å². The number of hydrogen-bond acceptors (Lipinski definition) is 3. The molecule has 19 heavy (non-hydrogen) atoms. The topological polar surface area (TPSA) is 18.5 Å². The number of rotatable bonds is 2. The van der Waals surface area contributed by atoms with Gasteiger partial charge in [-0.15, -0.1) is 0 Å². The number of nitrogens with zero attached hydrogens (tertiary/aromatic N) is 2. The predicted octanol–water partition coefficient (Wildman–Crippen LogP) is 2.24. The van der Waals surface area contributed by atoms with Crippen molar-refractivity contribution in [1.82, 2.24) is 10.2 Å². The van der Waals surface area contributed by atoms with Crippen molar-refractivity contribution < 1.29 is 0 Å². The standard InChI is InChI=1S/C15H22BrN3/c1-12-10-13(2-3-15(12)16)18-6-8-19(9-7-18)14-4-5-17-11-14/h2-3,10,14,17H,4-9,11H2,1H3. The van der Waals surface area contributed by atoms with Crippen LogP contribution in [-0.2, 0) is 0 Å². The number of nitrogens with one attached hydrogen (secondary N) is 1. The van der Waals surface area contributed by atoms with E-state index >= 15 is 0 Å². The maximum Gasteiger partial charge on any atom is 0.0370 e. The second-order valence-corrected chi connectivity index (χ2v) is 6.46. The Labute approximate surface area is 124 Å². The quantitative estimate of drug-likeness (QED) is 0.900. The second kappa shape index (κ2) is 5.81. The van der Waals surface area contributed by atoms with Crippen LogP contribution in [0.5, 0.6) is 0 Å². The third kappa shape index (κ3) is 2.96. The Balaban J connectivity index is 1.61. The molecule has 0 bridgehead atoms. The summed E-state index contributed by atoms with van der Waals surface area (Å²) >= 11 is 3.57. The monoisotopic (exact) mass is 323 g/mol. The SMILES string of the molecule is Cc1cc(N2CCN(C3CCNC3)CC2)ccc1Br. The zero-order chi connectivity index (χ0) is 13.2. The predicted molar refractivity (Wildman–Crippen MR) is 83.9 cm³/mol. The van der Waals surface area contributed by atoms with Gasteiger partial charge < -0.3 is 10.2 Å². The first-order chi connectivity index (χ1) is 9.24. The fourth-order valence-corrected chi connectivity index (χ4v) is 3.37. The van der Waals surface area contributed by atoms with E-state index in [2.05, 4.69) is 56.2 Å². The highest BCUT2D eigenvalue weighted by Gasteiger charge is 2.26. The van der Waals surface area contributed by atoms with Crippen LogP contribution in [0.25, 0.3) is 0 Å². The van der Waals surface area contributed by atoms with Crippen molar-refractivity contribution in [1.29, 1.82) is 0 Å². The summed E-state index contributed by atoms with van der Waals surface area (Å²) in [6.07, 6.45) is 1.32. The Kier molecular flexibility index (Phi) is 4.10. The van der Waals surface area contributed by atoms with Crippen molar-refractivity contribution in [3.8, 4) is 0 Å². The average molecular weight is 324 g/mol. The zero-order valence-electron chi connectivity index (χ0n) is 11.5. The first-order valence-corrected chi connectivity index (χ1v) is 7.99. The number of anilines is 1. The van der Waals surface area contributed by atoms with Crippen molar-refractivity contribution in [2.75, 3.05) is 44.2 Å². The smallest absolute Gasteiger partial charge is 0.0370 e. The van der Waals surface area contributed by atoms with Crippen molar-refractivity contribution in [3.05, 3.63) is 28.2 Å². The van der Waals surface area contributed by atoms with Crippen LogP contribution in [0.1, 0.15) is 12.0 Å². The first kappa shape index (κ1) is 13.4. The molecule has 0 aliphatic carbocycles. The van der Waals surface area contributed by atoms with E-state index in [-0.39, 0.29) is 0 Å². The Morgan fingerprint density at radius 3 is 2.63 bits per heavy atom. The Hall–Kier alpha value is -0.580. The van der Waals surface area contributed by atoms with E-state index in [1.165, 1.54) is 48.3 Å². The molecule has 0 spiro atoms. The van der Waals surface area contributed by atoms with Gasteiger partial charge in [0.25, 0.3) is 0 Å². The summed E-state index contributed by atoms with van der Waals surface area (Å²) in [7, 11) is 0. The van der Waals surface area contributed by atoms with Gasteiger partial charge in [0.2, 0.25) is 0 Å². The second-order valence-electron chi connectivity index (χ2n) is 5.60. The summed E-state index contributed by atoms with van der Waals surface area (Å²) in [5, 5.41) is 3.47. The van der Waals surface area contributed by atoms with Gasteiger partial charge in [0, 0.05) is 48.9 Å². The van der Waals surface area contributed by atoms with Crippen LogP contribution in [0.4, 0.5) is 5.69 Å². The van der Waals surface area contributed by atoms with Crippen molar-refractivity contribution in [2.45, 2.75) is 19.4 Å². The zero-order valence-corrected chi connectivity index (χ0v) is 13.1. The molecular weight excluding hydrogens is 302 g/mol. The molecule has 1 atom stereocenters. The summed E-state index contributed by atoms with van der Waals surface area (Å²) in [6.45, 7) is 9.22. The third-order valence-electron chi connectivity index (χ3n) is 4.37. The molecule has 1 aromatic carbocycles. The lowest BCUT2D eigenvalue weighted by molar-refractivity contribution is 0.196. The minimum atomic E-state index is 0.772. The van der Waals surface area contributed by atoms with Crippen LogP contribution < -0.4 is 10.2 Å². The maximum atomic E-state index is 3.57. The number of hydrogen-bond donors (Lipinski definition) is 1. The van der Waals surface area contributed by atoms with Crippen LogP contribution in [0.15, 0.2) is 22.7 Å². The molecule has 1 unspecified atom stereocenters. The molecule has 3 nitrogen and oxygen atoms in total. The summed E-state index contributed by atoms with van der Waals surface area (Å²) in [5.41, 5.74) is 2.69. The largest absolute Gasteiger partial charge is 0.369 e. The minimum absolute atomic E-state index is 0.772. The van der Waals surface area contributed by atoms with E-state index in [0.29, 0.717) is 0 Å². The number of aryl methyl sites for hydroxylation is 1. The van der Waals surface area contributed by atoms with Gasteiger partial charge in [0.1, 0.15) is 0 Å². The highest BCUT2D eigenvalue weighted by atomic mass is 79.9. The number of benzene rings is 1. The van der Waals surface area contributed by atoms with Crippen LogP contribution in [0.2, 0.25) is 0 Å². The molecular formula is C15H22BrN3. The van der Waals surface area contributed by atoms with Crippen LogP contribution in [-0.4, -0.2) is 50.2 Å². The van der Waals surface area contributed by atoms with E-state index in [4.69, 9.17) is 0 Å². The van der Waals surface area contributed by atoms with E-state index in [9.17, 15) is 0 Å². The van der Waals surface area contributed by atoms with Gasteiger partial charge in [-0.3, -0.25) is 4.90 Å². The van der Waals surface area contributed by atoms with Crippen molar-refractivity contribution in [2.24, 2.45) is 0 Å². The fourth-order valence-electron chi connectivity index (χ4n) is 3.12. The van der Waals surface area contributed by atoms with E-state index < -0.39 is 0 Å². The molecule has 2 saturated heterocycles. The van der Waals surface area contributed by atoms with Crippen molar-refractivity contribution in [3.63, 3.8) is 0 Å². The molecule has 0 aromatic heterocycles. The molecule has 104 valence electrons. The van der Waals surface area contributed by atoms with Gasteiger partial charge in [-0.2, -0.15) is 0 Å². The fraction of sp³-hybridized carbons (Fsp3) is 0.600. The molecule has 4 heteroatoms. The molecule has 2 aliphatic heterocycles. The summed E-state index contributed by atoms with van der Waals surface area (Å²) in [6, 6.07) is 7.45.